The van der Waals surface area contributed by atoms with Crippen LogP contribution in [0.2, 0.25) is 0 Å². The van der Waals surface area contributed by atoms with Gasteiger partial charge in [0.05, 0.1) is 32.5 Å². The lowest BCUT2D eigenvalue weighted by Crippen LogP contribution is -2.41. The van der Waals surface area contributed by atoms with Crippen molar-refractivity contribution in [3.05, 3.63) is 53.3 Å². The Balaban J connectivity index is 1.42. The van der Waals surface area contributed by atoms with Gasteiger partial charge in [-0.3, -0.25) is 4.79 Å². The lowest BCUT2D eigenvalue weighted by molar-refractivity contribution is 0.0726. The maximum Gasteiger partial charge on any atom is 0.254 e. The van der Waals surface area contributed by atoms with E-state index in [1.807, 2.05) is 18.2 Å². The molecule has 3 aliphatic rings. The minimum absolute atomic E-state index is 0.148. The van der Waals surface area contributed by atoms with E-state index in [4.69, 9.17) is 14.2 Å². The Morgan fingerprint density at radius 3 is 2.47 bits per heavy atom. The van der Waals surface area contributed by atoms with Crippen LogP contribution in [0.4, 0.5) is 4.39 Å². The number of morpholine rings is 1. The van der Waals surface area contributed by atoms with Crippen molar-refractivity contribution in [2.24, 2.45) is 0 Å². The zero-order valence-electron chi connectivity index (χ0n) is 18.7. The molecule has 0 aromatic heterocycles. The van der Waals surface area contributed by atoms with Crippen molar-refractivity contribution in [2.45, 2.75) is 30.2 Å². The van der Waals surface area contributed by atoms with Crippen molar-refractivity contribution < 1.29 is 31.8 Å². The minimum Gasteiger partial charge on any atom is -0.490 e. The molecule has 0 bridgehead atoms. The summed E-state index contributed by atoms with van der Waals surface area (Å²) in [7, 11) is -4.07. The number of hydrogen-bond donors (Lipinski definition) is 0. The summed E-state index contributed by atoms with van der Waals surface area (Å²) in [6.45, 7) is 2.51. The number of fused-ring (bicyclic) bond motifs is 1. The Kier molecular flexibility index (Phi) is 6.46. The highest BCUT2D eigenvalue weighted by Crippen LogP contribution is 2.38. The van der Waals surface area contributed by atoms with Crippen LogP contribution in [0.5, 0.6) is 11.5 Å². The first-order chi connectivity index (χ1) is 16.4. The Morgan fingerprint density at radius 2 is 1.68 bits per heavy atom. The summed E-state index contributed by atoms with van der Waals surface area (Å²) in [4.78, 5) is 14.7. The molecule has 3 aliphatic heterocycles. The van der Waals surface area contributed by atoms with E-state index in [1.54, 1.807) is 4.90 Å². The zero-order valence-corrected chi connectivity index (χ0v) is 19.6. The molecule has 0 radical (unpaired) electrons. The van der Waals surface area contributed by atoms with Gasteiger partial charge in [-0.1, -0.05) is 6.07 Å². The molecule has 3 heterocycles. The van der Waals surface area contributed by atoms with Gasteiger partial charge >= 0.3 is 0 Å². The monoisotopic (exact) mass is 490 g/mol. The number of carbonyl (C=O) groups is 1. The van der Waals surface area contributed by atoms with Gasteiger partial charge in [0, 0.05) is 31.6 Å². The van der Waals surface area contributed by atoms with Crippen LogP contribution in [-0.4, -0.2) is 69.6 Å². The first kappa shape index (κ1) is 23.1. The molecule has 0 aliphatic carbocycles. The molecule has 2 aromatic rings. The van der Waals surface area contributed by atoms with E-state index in [2.05, 4.69) is 0 Å². The van der Waals surface area contributed by atoms with E-state index in [0.717, 1.165) is 37.0 Å². The van der Waals surface area contributed by atoms with Crippen LogP contribution < -0.4 is 9.47 Å². The Hall–Kier alpha value is -2.69. The van der Waals surface area contributed by atoms with Gasteiger partial charge in [0.25, 0.3) is 5.91 Å². The smallest absolute Gasteiger partial charge is 0.254 e. The Morgan fingerprint density at radius 1 is 0.912 bits per heavy atom. The summed E-state index contributed by atoms with van der Waals surface area (Å²) in [6.07, 6.45) is 2.38. The molecule has 1 unspecified atom stereocenters. The molecule has 0 spiro atoms. The number of carbonyl (C=O) groups excluding carboxylic acids is 1. The van der Waals surface area contributed by atoms with E-state index in [0.29, 0.717) is 31.3 Å². The SMILES string of the molecule is O=C(c1ccc(F)c(S(=O)(=O)N2CCOCC2)c1)N1CCCC1c1ccc2c(c1)OCCCO2. The van der Waals surface area contributed by atoms with Crippen LogP contribution in [0.25, 0.3) is 0 Å². The molecule has 8 nitrogen and oxygen atoms in total. The van der Waals surface area contributed by atoms with Crippen molar-refractivity contribution in [2.75, 3.05) is 46.1 Å². The fraction of sp³-hybridized carbons (Fsp3) is 0.458. The molecule has 5 rings (SSSR count). The van der Waals surface area contributed by atoms with Crippen molar-refractivity contribution in [1.82, 2.24) is 9.21 Å². The first-order valence-electron chi connectivity index (χ1n) is 11.5. The van der Waals surface area contributed by atoms with Crippen molar-refractivity contribution >= 4 is 15.9 Å². The number of halogens is 1. The van der Waals surface area contributed by atoms with Crippen molar-refractivity contribution in [3.63, 3.8) is 0 Å². The number of rotatable bonds is 4. The number of hydrogen-bond acceptors (Lipinski definition) is 6. The average molecular weight is 491 g/mol. The highest BCUT2D eigenvalue weighted by Gasteiger charge is 2.34. The number of benzene rings is 2. The minimum atomic E-state index is -4.07. The second-order valence-corrected chi connectivity index (χ2v) is 10.5. The van der Waals surface area contributed by atoms with Crippen molar-refractivity contribution in [1.29, 1.82) is 0 Å². The lowest BCUT2D eigenvalue weighted by Gasteiger charge is -2.27. The van der Waals surface area contributed by atoms with Gasteiger partial charge in [-0.2, -0.15) is 4.31 Å². The molecular weight excluding hydrogens is 463 g/mol. The quantitative estimate of drug-likeness (QED) is 0.655. The molecule has 1 atom stereocenters. The molecular formula is C24H27FN2O6S. The van der Waals surface area contributed by atoms with Gasteiger partial charge in [-0.25, -0.2) is 12.8 Å². The van der Waals surface area contributed by atoms with Crippen molar-refractivity contribution in [3.8, 4) is 11.5 Å². The topological polar surface area (TPSA) is 85.4 Å². The average Bonchev–Trinajstić information content (AvgIpc) is 3.23. The predicted octanol–water partition coefficient (Wildman–Crippen LogP) is 2.99. The van der Waals surface area contributed by atoms with E-state index < -0.39 is 20.7 Å². The van der Waals surface area contributed by atoms with E-state index in [1.165, 1.54) is 10.4 Å². The maximum absolute atomic E-state index is 14.6. The zero-order chi connectivity index (χ0) is 23.7. The molecule has 34 heavy (non-hydrogen) atoms. The number of nitrogens with zero attached hydrogens (tertiary/aromatic N) is 2. The van der Waals surface area contributed by atoms with Crippen LogP contribution in [0, 0.1) is 5.82 Å². The highest BCUT2D eigenvalue weighted by atomic mass is 32.2. The lowest BCUT2D eigenvalue weighted by atomic mass is 10.0. The van der Waals surface area contributed by atoms with Crippen LogP contribution in [0.3, 0.4) is 0 Å². The summed E-state index contributed by atoms with van der Waals surface area (Å²) < 4.78 is 58.6. The van der Waals surface area contributed by atoms with Gasteiger partial charge in [0.2, 0.25) is 10.0 Å². The van der Waals surface area contributed by atoms with Gasteiger partial charge in [0.15, 0.2) is 11.5 Å². The fourth-order valence-electron chi connectivity index (χ4n) is 4.67. The normalized spacial score (nSPS) is 21.3. The number of likely N-dealkylation sites (tertiary alicyclic amines) is 1. The molecule has 2 aromatic carbocycles. The van der Waals surface area contributed by atoms with Gasteiger partial charge in [0.1, 0.15) is 10.7 Å². The second kappa shape index (κ2) is 9.52. The number of ether oxygens (including phenoxy) is 3. The third-order valence-electron chi connectivity index (χ3n) is 6.44. The highest BCUT2D eigenvalue weighted by molar-refractivity contribution is 7.89. The van der Waals surface area contributed by atoms with Gasteiger partial charge < -0.3 is 19.1 Å². The van der Waals surface area contributed by atoms with Crippen LogP contribution in [0.15, 0.2) is 41.3 Å². The molecule has 182 valence electrons. The van der Waals surface area contributed by atoms with Gasteiger partial charge in [-0.15, -0.1) is 0 Å². The third-order valence-corrected chi connectivity index (χ3v) is 8.35. The van der Waals surface area contributed by atoms with Crippen LogP contribution >= 0.6 is 0 Å². The number of amides is 1. The third kappa shape index (κ3) is 4.37. The summed E-state index contributed by atoms with van der Waals surface area (Å²) in [6, 6.07) is 9.08. The molecule has 0 N–H and O–H groups in total. The summed E-state index contributed by atoms with van der Waals surface area (Å²) in [5.74, 6) is 0.153. The first-order valence-corrected chi connectivity index (χ1v) is 13.0. The van der Waals surface area contributed by atoms with E-state index >= 15 is 0 Å². The maximum atomic E-state index is 14.6. The molecule has 1 amide bonds. The molecule has 2 saturated heterocycles. The second-order valence-electron chi connectivity index (χ2n) is 8.57. The Bertz CT molecular complexity index is 1180. The van der Waals surface area contributed by atoms with E-state index in [9.17, 15) is 17.6 Å². The molecule has 0 saturated carbocycles. The summed E-state index contributed by atoms with van der Waals surface area (Å²) in [5, 5.41) is 0. The Labute approximate surface area is 198 Å². The fourth-order valence-corrected chi connectivity index (χ4v) is 6.17. The summed E-state index contributed by atoms with van der Waals surface area (Å²) >= 11 is 0. The van der Waals surface area contributed by atoms with Gasteiger partial charge in [-0.05, 0) is 48.7 Å². The van der Waals surface area contributed by atoms with Crippen LogP contribution in [0.1, 0.15) is 41.2 Å². The van der Waals surface area contributed by atoms with E-state index in [-0.39, 0.29) is 43.8 Å². The predicted molar refractivity (Wildman–Crippen MR) is 121 cm³/mol. The molecule has 10 heteroatoms. The number of sulfonamides is 1. The van der Waals surface area contributed by atoms with Crippen LogP contribution in [-0.2, 0) is 14.8 Å². The standard InChI is InChI=1S/C24H27FN2O6S/c25-19-6-4-18(16-23(19)34(29,30)26-9-13-31-14-10-26)24(28)27-8-1-3-20(27)17-5-7-21-22(15-17)33-12-2-11-32-21/h4-7,15-16,20H,1-3,8-14H2. The molecule has 2 fully saturated rings. The largest absolute Gasteiger partial charge is 0.490 e. The summed E-state index contributed by atoms with van der Waals surface area (Å²) in [5.41, 5.74) is 1.08.